The van der Waals surface area contributed by atoms with Crippen molar-refractivity contribution >= 4 is 39.3 Å². The molecular weight excluding hydrogens is 456 g/mol. The molecule has 1 aromatic heterocycles. The largest absolute Gasteiger partial charge is 0.465 e. The second kappa shape index (κ2) is 11.8. The van der Waals surface area contributed by atoms with Gasteiger partial charge in [0.1, 0.15) is 5.76 Å². The predicted octanol–water partition coefficient (Wildman–Crippen LogP) is 3.07. The Morgan fingerprint density at radius 2 is 1.88 bits per heavy atom. The molecule has 1 aliphatic heterocycles. The van der Waals surface area contributed by atoms with Crippen molar-refractivity contribution in [3.8, 4) is 0 Å². The molecule has 10 heteroatoms. The number of nitrogens with zero attached hydrogens (tertiary/aromatic N) is 2. The van der Waals surface area contributed by atoms with E-state index < -0.39 is 10.0 Å². The van der Waals surface area contributed by atoms with Crippen LogP contribution in [-0.4, -0.2) is 57.3 Å². The normalized spacial score (nSPS) is 14.1. The van der Waals surface area contributed by atoms with Gasteiger partial charge in [-0.25, -0.2) is 8.42 Å². The van der Waals surface area contributed by atoms with Crippen molar-refractivity contribution in [3.05, 3.63) is 48.4 Å². The van der Waals surface area contributed by atoms with Gasteiger partial charge >= 0.3 is 0 Å². The zero-order chi connectivity index (χ0) is 24.6. The number of nitrogens with one attached hydrogen (secondary N) is 2. The summed E-state index contributed by atoms with van der Waals surface area (Å²) in [6, 6.07) is 8.34. The predicted molar refractivity (Wildman–Crippen MR) is 132 cm³/mol. The Bertz CT molecular complexity index is 1100. The van der Waals surface area contributed by atoms with E-state index in [1.54, 1.807) is 44.2 Å². The highest BCUT2D eigenvalue weighted by molar-refractivity contribution is 7.89. The number of carbonyl (C=O) groups excluding carboxylic acids is 2. The van der Waals surface area contributed by atoms with Crippen LogP contribution >= 0.6 is 0 Å². The van der Waals surface area contributed by atoms with E-state index in [1.807, 2.05) is 0 Å². The third-order valence-corrected chi connectivity index (χ3v) is 7.67. The Balaban J connectivity index is 1.68. The van der Waals surface area contributed by atoms with Crippen LogP contribution in [0.3, 0.4) is 0 Å². The van der Waals surface area contributed by atoms with Crippen LogP contribution in [0.5, 0.6) is 0 Å². The average Bonchev–Trinajstić information content (AvgIpc) is 3.53. The Morgan fingerprint density at radius 3 is 2.53 bits per heavy atom. The van der Waals surface area contributed by atoms with Crippen LogP contribution in [0, 0.1) is 0 Å². The molecule has 34 heavy (non-hydrogen) atoms. The van der Waals surface area contributed by atoms with Crippen LogP contribution in [0.2, 0.25) is 0 Å². The van der Waals surface area contributed by atoms with Gasteiger partial charge in [-0.1, -0.05) is 13.8 Å². The molecular formula is C24H32N4O5S. The topological polar surface area (TPSA) is 112 Å². The molecule has 0 unspecified atom stereocenters. The number of sulfonamides is 1. The minimum Gasteiger partial charge on any atom is -0.465 e. The van der Waals surface area contributed by atoms with Gasteiger partial charge in [-0.2, -0.15) is 4.31 Å². The number of furan rings is 1. The van der Waals surface area contributed by atoms with Crippen LogP contribution in [0.25, 0.3) is 6.08 Å². The Morgan fingerprint density at radius 1 is 1.15 bits per heavy atom. The fourth-order valence-corrected chi connectivity index (χ4v) is 5.32. The second-order valence-electron chi connectivity index (χ2n) is 7.90. The van der Waals surface area contributed by atoms with Gasteiger partial charge in [0.15, 0.2) is 0 Å². The maximum absolute atomic E-state index is 13.0. The first-order valence-corrected chi connectivity index (χ1v) is 13.0. The lowest BCUT2D eigenvalue weighted by Gasteiger charge is -2.24. The van der Waals surface area contributed by atoms with Crippen molar-refractivity contribution in [3.63, 3.8) is 0 Å². The number of hydrogen-bond acceptors (Lipinski definition) is 6. The van der Waals surface area contributed by atoms with Crippen molar-refractivity contribution in [2.24, 2.45) is 0 Å². The summed E-state index contributed by atoms with van der Waals surface area (Å²) >= 11 is 0. The third kappa shape index (κ3) is 6.48. The molecule has 0 spiro atoms. The van der Waals surface area contributed by atoms with E-state index in [-0.39, 0.29) is 29.7 Å². The van der Waals surface area contributed by atoms with E-state index in [9.17, 15) is 18.0 Å². The molecule has 2 aromatic rings. The maximum Gasteiger partial charge on any atom is 0.244 e. The molecule has 2 heterocycles. The number of hydrogen-bond donors (Lipinski definition) is 2. The summed E-state index contributed by atoms with van der Waals surface area (Å²) in [5.41, 5.74) is 1.26. The molecule has 2 amide bonds. The van der Waals surface area contributed by atoms with Gasteiger partial charge in [0.05, 0.1) is 22.5 Å². The van der Waals surface area contributed by atoms with Crippen LogP contribution < -0.4 is 15.5 Å². The highest BCUT2D eigenvalue weighted by Crippen LogP contribution is 2.32. The lowest BCUT2D eigenvalue weighted by molar-refractivity contribution is -0.117. The van der Waals surface area contributed by atoms with Gasteiger partial charge in [0, 0.05) is 45.2 Å². The minimum atomic E-state index is -3.66. The number of rotatable bonds is 11. The molecule has 0 bridgehead atoms. The molecule has 1 saturated heterocycles. The lowest BCUT2D eigenvalue weighted by atomic mass is 10.2. The molecule has 0 aliphatic carbocycles. The smallest absolute Gasteiger partial charge is 0.244 e. The monoisotopic (exact) mass is 488 g/mol. The van der Waals surface area contributed by atoms with Gasteiger partial charge < -0.3 is 20.0 Å². The molecule has 184 valence electrons. The average molecular weight is 489 g/mol. The van der Waals surface area contributed by atoms with E-state index in [2.05, 4.69) is 15.5 Å². The first-order chi connectivity index (χ1) is 16.3. The molecule has 0 radical (unpaired) electrons. The van der Waals surface area contributed by atoms with Crippen LogP contribution in [0.15, 0.2) is 52.0 Å². The van der Waals surface area contributed by atoms with Gasteiger partial charge in [0.25, 0.3) is 0 Å². The molecule has 0 atom stereocenters. The molecule has 1 fully saturated rings. The van der Waals surface area contributed by atoms with Crippen LogP contribution in [0.1, 0.15) is 38.9 Å². The molecule has 1 aromatic carbocycles. The molecule has 1 aliphatic rings. The SMILES string of the molecule is CCN(CC)S(=O)(=O)c1ccc(N2CCCC2)c(NC(=O)CCNC(=O)/C=C/c2ccco2)c1. The van der Waals surface area contributed by atoms with Crippen LogP contribution in [-0.2, 0) is 19.6 Å². The van der Waals surface area contributed by atoms with Gasteiger partial charge in [0.2, 0.25) is 21.8 Å². The van der Waals surface area contributed by atoms with E-state index in [4.69, 9.17) is 4.42 Å². The van der Waals surface area contributed by atoms with E-state index in [0.29, 0.717) is 24.5 Å². The fourth-order valence-electron chi connectivity index (χ4n) is 3.84. The van der Waals surface area contributed by atoms with E-state index in [1.165, 1.54) is 22.7 Å². The lowest BCUT2D eigenvalue weighted by Crippen LogP contribution is -2.31. The number of benzene rings is 1. The van der Waals surface area contributed by atoms with Crippen molar-refractivity contribution in [1.29, 1.82) is 0 Å². The van der Waals surface area contributed by atoms with E-state index in [0.717, 1.165) is 31.6 Å². The summed E-state index contributed by atoms with van der Waals surface area (Å²) in [4.78, 5) is 26.9. The van der Waals surface area contributed by atoms with E-state index >= 15 is 0 Å². The van der Waals surface area contributed by atoms with Gasteiger partial charge in [-0.3, -0.25) is 9.59 Å². The Hall–Kier alpha value is -3.11. The van der Waals surface area contributed by atoms with Crippen molar-refractivity contribution < 1.29 is 22.4 Å². The summed E-state index contributed by atoms with van der Waals surface area (Å²) < 4.78 is 32.5. The fraction of sp³-hybridized carbons (Fsp3) is 0.417. The standard InChI is InChI=1S/C24H32N4O5S/c1-3-28(4-2)34(31,32)20-10-11-22(27-15-5-6-16-27)21(18-20)26-24(30)13-14-25-23(29)12-9-19-8-7-17-33-19/h7-12,17-18H,3-6,13-16H2,1-2H3,(H,25,29)(H,26,30)/b12-9+. The summed E-state index contributed by atoms with van der Waals surface area (Å²) in [6.07, 6.45) is 6.53. The van der Waals surface area contributed by atoms with Crippen molar-refractivity contribution in [2.75, 3.05) is 42.9 Å². The second-order valence-corrected chi connectivity index (χ2v) is 9.84. The summed E-state index contributed by atoms with van der Waals surface area (Å²) in [5.74, 6) is -0.0932. The van der Waals surface area contributed by atoms with Crippen LogP contribution in [0.4, 0.5) is 11.4 Å². The molecule has 3 rings (SSSR count). The highest BCUT2D eigenvalue weighted by Gasteiger charge is 2.25. The molecule has 9 nitrogen and oxygen atoms in total. The van der Waals surface area contributed by atoms with Gasteiger partial charge in [-0.05, 0) is 49.2 Å². The van der Waals surface area contributed by atoms with Crippen molar-refractivity contribution in [2.45, 2.75) is 38.0 Å². The summed E-state index contributed by atoms with van der Waals surface area (Å²) in [5, 5.41) is 5.51. The molecule has 0 saturated carbocycles. The number of anilines is 2. The minimum absolute atomic E-state index is 0.0484. The number of amides is 2. The Kier molecular flexibility index (Phi) is 8.89. The zero-order valence-corrected chi connectivity index (χ0v) is 20.4. The first kappa shape index (κ1) is 25.5. The maximum atomic E-state index is 13.0. The highest BCUT2D eigenvalue weighted by atomic mass is 32.2. The zero-order valence-electron chi connectivity index (χ0n) is 19.6. The summed E-state index contributed by atoms with van der Waals surface area (Å²) in [6.45, 7) is 6.15. The van der Waals surface area contributed by atoms with Crippen molar-refractivity contribution in [1.82, 2.24) is 9.62 Å². The third-order valence-electron chi connectivity index (χ3n) is 5.63. The quantitative estimate of drug-likeness (QED) is 0.470. The Labute approximate surface area is 200 Å². The summed E-state index contributed by atoms with van der Waals surface area (Å²) in [7, 11) is -3.66. The van der Waals surface area contributed by atoms with Gasteiger partial charge in [-0.15, -0.1) is 0 Å². The number of carbonyl (C=O) groups is 2. The first-order valence-electron chi connectivity index (χ1n) is 11.5. The molecule has 2 N–H and O–H groups in total.